The van der Waals surface area contributed by atoms with Gasteiger partial charge in [0.2, 0.25) is 0 Å². The zero-order valence-corrected chi connectivity index (χ0v) is 11.7. The van der Waals surface area contributed by atoms with E-state index in [9.17, 15) is 5.11 Å². The van der Waals surface area contributed by atoms with Crippen molar-refractivity contribution in [3.05, 3.63) is 52.6 Å². The quantitative estimate of drug-likeness (QED) is 0.928. The first-order valence-electron chi connectivity index (χ1n) is 5.23. The van der Waals surface area contributed by atoms with Crippen LogP contribution in [0.15, 0.2) is 57.0 Å². The molecule has 17 heavy (non-hydrogen) atoms. The summed E-state index contributed by atoms with van der Waals surface area (Å²) < 4.78 is 0.924. The van der Waals surface area contributed by atoms with Crippen molar-refractivity contribution >= 4 is 27.7 Å². The fourth-order valence-electron chi connectivity index (χ4n) is 1.44. The Labute approximate surface area is 113 Å². The molecule has 0 aliphatic rings. The summed E-state index contributed by atoms with van der Waals surface area (Å²) >= 11 is 5.07. The lowest BCUT2D eigenvalue weighted by Gasteiger charge is -2.09. The number of benzene rings is 1. The van der Waals surface area contributed by atoms with E-state index in [-0.39, 0.29) is 0 Å². The molecule has 0 aliphatic heterocycles. The summed E-state index contributed by atoms with van der Waals surface area (Å²) in [5, 5.41) is 10.5. The topological polar surface area (TPSA) is 33.1 Å². The molecule has 1 aromatic carbocycles. The third kappa shape index (κ3) is 3.31. The van der Waals surface area contributed by atoms with Gasteiger partial charge in [0.05, 0.1) is 6.10 Å². The van der Waals surface area contributed by atoms with E-state index in [4.69, 9.17) is 0 Å². The van der Waals surface area contributed by atoms with Crippen LogP contribution in [0.4, 0.5) is 0 Å². The van der Waals surface area contributed by atoms with Crippen LogP contribution in [0.1, 0.15) is 18.6 Å². The molecular weight excluding hydrogens is 298 g/mol. The van der Waals surface area contributed by atoms with Crippen LogP contribution >= 0.6 is 27.7 Å². The van der Waals surface area contributed by atoms with Gasteiger partial charge in [0.15, 0.2) is 0 Å². The van der Waals surface area contributed by atoms with Gasteiger partial charge in [0, 0.05) is 15.6 Å². The SMILES string of the molecule is CC(O)c1ccc(Sc2ccccn2)cc1Br. The third-order valence-electron chi connectivity index (χ3n) is 2.28. The highest BCUT2D eigenvalue weighted by Crippen LogP contribution is 2.31. The van der Waals surface area contributed by atoms with Crippen LogP contribution in [-0.4, -0.2) is 10.1 Å². The van der Waals surface area contributed by atoms with Crippen molar-refractivity contribution in [1.82, 2.24) is 4.98 Å². The molecule has 2 nitrogen and oxygen atoms in total. The lowest BCUT2D eigenvalue weighted by molar-refractivity contribution is 0.198. The standard InChI is InChI=1S/C13H12BrNOS/c1-9(16)11-6-5-10(8-12(11)14)17-13-4-2-3-7-15-13/h2-9,16H,1H3. The van der Waals surface area contributed by atoms with Crippen molar-refractivity contribution < 1.29 is 5.11 Å². The summed E-state index contributed by atoms with van der Waals surface area (Å²) in [6.07, 6.45) is 1.32. The van der Waals surface area contributed by atoms with E-state index in [0.29, 0.717) is 0 Å². The van der Waals surface area contributed by atoms with Crippen molar-refractivity contribution in [1.29, 1.82) is 0 Å². The molecule has 2 rings (SSSR count). The maximum Gasteiger partial charge on any atom is 0.101 e. The highest BCUT2D eigenvalue weighted by molar-refractivity contribution is 9.10. The second-order valence-electron chi connectivity index (χ2n) is 3.63. The molecule has 0 fully saturated rings. The van der Waals surface area contributed by atoms with E-state index < -0.39 is 6.10 Å². The van der Waals surface area contributed by atoms with Crippen molar-refractivity contribution in [3.8, 4) is 0 Å². The van der Waals surface area contributed by atoms with E-state index in [2.05, 4.69) is 20.9 Å². The third-order valence-corrected chi connectivity index (χ3v) is 3.91. The fourth-order valence-corrected chi connectivity index (χ4v) is 3.11. The zero-order chi connectivity index (χ0) is 12.3. The number of nitrogens with zero attached hydrogens (tertiary/aromatic N) is 1. The molecule has 1 atom stereocenters. The number of halogens is 1. The van der Waals surface area contributed by atoms with Crippen molar-refractivity contribution in [2.75, 3.05) is 0 Å². The molecule has 1 heterocycles. The van der Waals surface area contributed by atoms with Crippen LogP contribution in [0.2, 0.25) is 0 Å². The number of aliphatic hydroxyl groups excluding tert-OH is 1. The Bertz CT molecular complexity index is 502. The Morgan fingerprint density at radius 3 is 2.71 bits per heavy atom. The van der Waals surface area contributed by atoms with Gasteiger partial charge in [0.25, 0.3) is 0 Å². The highest BCUT2D eigenvalue weighted by atomic mass is 79.9. The second kappa shape index (κ2) is 5.67. The zero-order valence-electron chi connectivity index (χ0n) is 9.30. The van der Waals surface area contributed by atoms with Gasteiger partial charge in [-0.3, -0.25) is 0 Å². The average Bonchev–Trinajstić information content (AvgIpc) is 2.30. The van der Waals surface area contributed by atoms with Gasteiger partial charge in [-0.2, -0.15) is 0 Å². The molecule has 0 bridgehead atoms. The van der Waals surface area contributed by atoms with Gasteiger partial charge >= 0.3 is 0 Å². The van der Waals surface area contributed by atoms with Crippen LogP contribution < -0.4 is 0 Å². The Kier molecular flexibility index (Phi) is 4.20. The van der Waals surface area contributed by atoms with E-state index in [1.54, 1.807) is 24.9 Å². The van der Waals surface area contributed by atoms with Gasteiger partial charge < -0.3 is 5.11 Å². The highest BCUT2D eigenvalue weighted by Gasteiger charge is 2.07. The maximum absolute atomic E-state index is 9.54. The Morgan fingerprint density at radius 2 is 2.12 bits per heavy atom. The fraction of sp³-hybridized carbons (Fsp3) is 0.154. The number of hydrogen-bond donors (Lipinski definition) is 1. The Hall–Kier alpha value is -0.840. The molecule has 88 valence electrons. The molecule has 0 saturated heterocycles. The van der Waals surface area contributed by atoms with Gasteiger partial charge in [-0.15, -0.1) is 0 Å². The van der Waals surface area contributed by atoms with Crippen LogP contribution in [0.25, 0.3) is 0 Å². The molecule has 1 aromatic heterocycles. The minimum absolute atomic E-state index is 0.460. The first kappa shape index (κ1) is 12.6. The smallest absolute Gasteiger partial charge is 0.101 e. The number of aromatic nitrogens is 1. The average molecular weight is 310 g/mol. The Morgan fingerprint density at radius 1 is 1.29 bits per heavy atom. The summed E-state index contributed by atoms with van der Waals surface area (Å²) in [5.74, 6) is 0. The first-order chi connectivity index (χ1) is 8.16. The van der Waals surface area contributed by atoms with Crippen molar-refractivity contribution in [2.45, 2.75) is 22.9 Å². The van der Waals surface area contributed by atoms with Gasteiger partial charge in [-0.25, -0.2) is 4.98 Å². The van der Waals surface area contributed by atoms with E-state index in [0.717, 1.165) is 20.0 Å². The molecule has 1 N–H and O–H groups in total. The summed E-state index contributed by atoms with van der Waals surface area (Å²) in [6.45, 7) is 1.76. The minimum atomic E-state index is -0.460. The van der Waals surface area contributed by atoms with Crippen LogP contribution in [0.3, 0.4) is 0 Å². The molecule has 0 spiro atoms. The molecule has 4 heteroatoms. The maximum atomic E-state index is 9.54. The van der Waals surface area contributed by atoms with Crippen molar-refractivity contribution in [3.63, 3.8) is 0 Å². The molecular formula is C13H12BrNOS. The summed E-state index contributed by atoms with van der Waals surface area (Å²) in [7, 11) is 0. The predicted molar refractivity (Wildman–Crippen MR) is 73.1 cm³/mol. The number of rotatable bonds is 3. The summed E-state index contributed by atoms with van der Waals surface area (Å²) in [4.78, 5) is 5.36. The first-order valence-corrected chi connectivity index (χ1v) is 6.84. The molecule has 0 aliphatic carbocycles. The monoisotopic (exact) mass is 309 g/mol. The molecule has 0 amide bonds. The lowest BCUT2D eigenvalue weighted by Crippen LogP contribution is -1.92. The molecule has 2 aromatic rings. The van der Waals surface area contributed by atoms with Gasteiger partial charge in [-0.05, 0) is 36.8 Å². The summed E-state index contributed by atoms with van der Waals surface area (Å²) in [6, 6.07) is 11.8. The minimum Gasteiger partial charge on any atom is -0.389 e. The van der Waals surface area contributed by atoms with Crippen LogP contribution in [0.5, 0.6) is 0 Å². The Balaban J connectivity index is 2.21. The number of pyridine rings is 1. The molecule has 1 unspecified atom stereocenters. The van der Waals surface area contributed by atoms with Crippen molar-refractivity contribution in [2.24, 2.45) is 0 Å². The number of aliphatic hydroxyl groups is 1. The van der Waals surface area contributed by atoms with E-state index >= 15 is 0 Å². The van der Waals surface area contributed by atoms with Gasteiger partial charge in [0.1, 0.15) is 5.03 Å². The van der Waals surface area contributed by atoms with Crippen LogP contribution in [-0.2, 0) is 0 Å². The largest absolute Gasteiger partial charge is 0.389 e. The van der Waals surface area contributed by atoms with Gasteiger partial charge in [-0.1, -0.05) is 39.8 Å². The number of hydrogen-bond acceptors (Lipinski definition) is 3. The lowest BCUT2D eigenvalue weighted by atomic mass is 10.1. The van der Waals surface area contributed by atoms with E-state index in [1.807, 2.05) is 36.4 Å². The summed E-state index contributed by atoms with van der Waals surface area (Å²) in [5.41, 5.74) is 0.898. The predicted octanol–water partition coefficient (Wildman–Crippen LogP) is 4.05. The molecule has 0 saturated carbocycles. The van der Waals surface area contributed by atoms with Crippen LogP contribution in [0, 0.1) is 0 Å². The molecule has 0 radical (unpaired) electrons. The normalized spacial score (nSPS) is 12.4. The van der Waals surface area contributed by atoms with E-state index in [1.165, 1.54) is 0 Å². The second-order valence-corrected chi connectivity index (χ2v) is 5.58.